The Bertz CT molecular complexity index is 256. The molecule has 0 N–H and O–H groups in total. The van der Waals surface area contributed by atoms with E-state index < -0.39 is 0 Å². The maximum absolute atomic E-state index is 2.98. The third-order valence-corrected chi connectivity index (χ3v) is 2.20. The van der Waals surface area contributed by atoms with E-state index >= 15 is 0 Å². The summed E-state index contributed by atoms with van der Waals surface area (Å²) < 4.78 is 0. The van der Waals surface area contributed by atoms with Gasteiger partial charge in [0.25, 0.3) is 0 Å². The highest BCUT2D eigenvalue weighted by atomic mass is 32.2. The minimum Gasteiger partial charge on any atom is -0.0776 e. The zero-order valence-electron chi connectivity index (χ0n) is 6.20. The quantitative estimate of drug-likeness (QED) is 0.481. The lowest BCUT2D eigenvalue weighted by Crippen LogP contribution is -1.63. The SMILES string of the molecule is CSC#CSc1ccccc1. The predicted octanol–water partition coefficient (Wildman–Crippen LogP) is 3.06. The molecule has 0 aliphatic heterocycles. The smallest absolute Gasteiger partial charge is 0.0203 e. The molecule has 0 radical (unpaired) electrons. The highest BCUT2D eigenvalue weighted by Crippen LogP contribution is 2.15. The third kappa shape index (κ3) is 3.41. The molecule has 0 unspecified atom stereocenters. The fourth-order valence-electron chi connectivity index (χ4n) is 0.610. The molecule has 0 fully saturated rings. The van der Waals surface area contributed by atoms with Crippen LogP contribution < -0.4 is 0 Å². The predicted molar refractivity (Wildman–Crippen MR) is 53.6 cm³/mol. The van der Waals surface area contributed by atoms with E-state index in [0.29, 0.717) is 0 Å². The summed E-state index contributed by atoms with van der Waals surface area (Å²) in [6.45, 7) is 0. The molecular formula is C9H8S2. The van der Waals surface area contributed by atoms with Crippen LogP contribution in [0.15, 0.2) is 35.2 Å². The fraction of sp³-hybridized carbons (Fsp3) is 0.111. The lowest BCUT2D eigenvalue weighted by Gasteiger charge is -1.89. The molecule has 0 saturated carbocycles. The van der Waals surface area contributed by atoms with E-state index in [1.165, 1.54) is 16.7 Å². The zero-order valence-corrected chi connectivity index (χ0v) is 7.84. The first-order chi connectivity index (χ1) is 5.43. The minimum absolute atomic E-state index is 1.20. The number of thioether (sulfide) groups is 2. The molecule has 1 rings (SSSR count). The maximum Gasteiger partial charge on any atom is 0.0203 e. The molecule has 1 aromatic rings. The zero-order chi connectivity index (χ0) is 7.94. The van der Waals surface area contributed by atoms with E-state index in [9.17, 15) is 0 Å². The van der Waals surface area contributed by atoms with E-state index in [4.69, 9.17) is 0 Å². The van der Waals surface area contributed by atoms with Gasteiger partial charge in [-0.1, -0.05) is 30.0 Å². The first-order valence-electron chi connectivity index (χ1n) is 3.18. The Balaban J connectivity index is 2.52. The van der Waals surface area contributed by atoms with Crippen LogP contribution in [0.25, 0.3) is 0 Å². The standard InChI is InChI=1S/C9H8S2/c1-10-7-8-11-9-5-3-2-4-6-9/h2-6H,1H3. The third-order valence-electron chi connectivity index (χ3n) is 1.06. The molecule has 0 amide bonds. The van der Waals surface area contributed by atoms with Crippen LogP contribution >= 0.6 is 23.5 Å². The normalized spacial score (nSPS) is 8.45. The van der Waals surface area contributed by atoms with Crippen molar-refractivity contribution in [1.29, 1.82) is 0 Å². The first-order valence-corrected chi connectivity index (χ1v) is 5.22. The highest BCUT2D eigenvalue weighted by molar-refractivity contribution is 8.06. The van der Waals surface area contributed by atoms with Crippen molar-refractivity contribution in [1.82, 2.24) is 0 Å². The Morgan fingerprint density at radius 1 is 1.09 bits per heavy atom. The van der Waals surface area contributed by atoms with Crippen LogP contribution in [0.4, 0.5) is 0 Å². The van der Waals surface area contributed by atoms with E-state index in [1.807, 2.05) is 24.5 Å². The summed E-state index contributed by atoms with van der Waals surface area (Å²) >= 11 is 3.10. The average molecular weight is 180 g/mol. The maximum atomic E-state index is 2.98. The van der Waals surface area contributed by atoms with Gasteiger partial charge in [0.05, 0.1) is 0 Å². The second-order valence-corrected chi connectivity index (χ2v) is 3.32. The van der Waals surface area contributed by atoms with Crippen LogP contribution in [0.2, 0.25) is 0 Å². The second-order valence-electron chi connectivity index (χ2n) is 1.82. The van der Waals surface area contributed by atoms with Gasteiger partial charge in [-0.3, -0.25) is 0 Å². The average Bonchev–Trinajstić information content (AvgIpc) is 2.07. The van der Waals surface area contributed by atoms with Crippen molar-refractivity contribution >= 4 is 23.5 Å². The van der Waals surface area contributed by atoms with Gasteiger partial charge < -0.3 is 0 Å². The fourth-order valence-corrected chi connectivity index (χ4v) is 1.52. The second kappa shape index (κ2) is 5.17. The molecule has 0 heterocycles. The van der Waals surface area contributed by atoms with Crippen molar-refractivity contribution in [2.45, 2.75) is 4.90 Å². The first kappa shape index (κ1) is 8.58. The van der Waals surface area contributed by atoms with Gasteiger partial charge >= 0.3 is 0 Å². The van der Waals surface area contributed by atoms with Gasteiger partial charge in [-0.05, 0) is 40.7 Å². The summed E-state index contributed by atoms with van der Waals surface area (Å²) in [6, 6.07) is 10.2. The van der Waals surface area contributed by atoms with Crippen LogP contribution in [0, 0.1) is 10.5 Å². The van der Waals surface area contributed by atoms with Gasteiger partial charge in [0.15, 0.2) is 0 Å². The molecule has 0 aromatic heterocycles. The van der Waals surface area contributed by atoms with E-state index in [-0.39, 0.29) is 0 Å². The Labute approximate surface area is 75.8 Å². The topological polar surface area (TPSA) is 0 Å². The lowest BCUT2D eigenvalue weighted by atomic mass is 10.4. The molecule has 2 heteroatoms. The molecule has 11 heavy (non-hydrogen) atoms. The molecule has 0 bridgehead atoms. The summed E-state index contributed by atoms with van der Waals surface area (Å²) in [7, 11) is 0. The van der Waals surface area contributed by atoms with E-state index in [2.05, 4.69) is 22.6 Å². The van der Waals surface area contributed by atoms with Crippen molar-refractivity contribution in [2.24, 2.45) is 0 Å². The molecule has 0 aliphatic carbocycles. The van der Waals surface area contributed by atoms with Crippen LogP contribution in [0.5, 0.6) is 0 Å². The number of hydrogen-bond donors (Lipinski definition) is 0. The molecule has 0 aliphatic rings. The summed E-state index contributed by atoms with van der Waals surface area (Å²) in [5.41, 5.74) is 0. The molecule has 56 valence electrons. The van der Waals surface area contributed by atoms with Crippen molar-refractivity contribution in [2.75, 3.05) is 6.26 Å². The molecule has 0 saturated heterocycles. The molecule has 1 aromatic carbocycles. The van der Waals surface area contributed by atoms with Crippen LogP contribution in [-0.2, 0) is 0 Å². The minimum atomic E-state index is 1.20. The largest absolute Gasteiger partial charge is 0.0776 e. The number of benzene rings is 1. The van der Waals surface area contributed by atoms with Crippen LogP contribution in [0.3, 0.4) is 0 Å². The Kier molecular flexibility index (Phi) is 4.03. The summed E-state index contributed by atoms with van der Waals surface area (Å²) in [5.74, 6) is 0. The van der Waals surface area contributed by atoms with Crippen molar-refractivity contribution < 1.29 is 0 Å². The van der Waals surface area contributed by atoms with E-state index in [0.717, 1.165) is 0 Å². The van der Waals surface area contributed by atoms with Gasteiger partial charge in [0.1, 0.15) is 0 Å². The van der Waals surface area contributed by atoms with Gasteiger partial charge in [0, 0.05) is 4.90 Å². The van der Waals surface area contributed by atoms with Gasteiger partial charge in [-0.25, -0.2) is 0 Å². The Morgan fingerprint density at radius 2 is 1.82 bits per heavy atom. The summed E-state index contributed by atoms with van der Waals surface area (Å²) in [6.07, 6.45) is 1.97. The lowest BCUT2D eigenvalue weighted by molar-refractivity contribution is 1.48. The summed E-state index contributed by atoms with van der Waals surface area (Å²) in [4.78, 5) is 1.20. The molecule has 0 atom stereocenters. The summed E-state index contributed by atoms with van der Waals surface area (Å²) in [5, 5.41) is 5.91. The van der Waals surface area contributed by atoms with E-state index in [1.54, 1.807) is 11.8 Å². The molecule has 0 nitrogen and oxygen atoms in total. The van der Waals surface area contributed by atoms with Gasteiger partial charge in [-0.15, -0.1) is 0 Å². The Hall–Kier alpha value is -0.520. The van der Waals surface area contributed by atoms with Gasteiger partial charge in [-0.2, -0.15) is 0 Å². The van der Waals surface area contributed by atoms with Crippen LogP contribution in [-0.4, -0.2) is 6.26 Å². The van der Waals surface area contributed by atoms with Crippen molar-refractivity contribution in [3.63, 3.8) is 0 Å². The van der Waals surface area contributed by atoms with Gasteiger partial charge in [0.2, 0.25) is 0 Å². The monoisotopic (exact) mass is 180 g/mol. The molecule has 0 spiro atoms. The van der Waals surface area contributed by atoms with Crippen LogP contribution in [0.1, 0.15) is 0 Å². The highest BCUT2D eigenvalue weighted by Gasteiger charge is 1.84. The number of hydrogen-bond acceptors (Lipinski definition) is 2. The van der Waals surface area contributed by atoms with Crippen molar-refractivity contribution in [3.05, 3.63) is 30.3 Å². The Morgan fingerprint density at radius 3 is 2.45 bits per heavy atom. The molecular weight excluding hydrogens is 172 g/mol. The number of rotatable bonds is 1. The van der Waals surface area contributed by atoms with Crippen molar-refractivity contribution in [3.8, 4) is 10.5 Å².